The van der Waals surface area contributed by atoms with Crippen molar-refractivity contribution in [3.05, 3.63) is 42.5 Å². The van der Waals surface area contributed by atoms with Gasteiger partial charge in [-0.2, -0.15) is 0 Å². The lowest BCUT2D eigenvalue weighted by molar-refractivity contribution is -0.122. The van der Waals surface area contributed by atoms with Crippen molar-refractivity contribution in [3.63, 3.8) is 0 Å². The van der Waals surface area contributed by atoms with E-state index in [0.717, 1.165) is 23.6 Å². The van der Waals surface area contributed by atoms with Gasteiger partial charge >= 0.3 is 6.03 Å². The largest absolute Gasteiger partial charge is 0.370 e. The zero-order valence-electron chi connectivity index (χ0n) is 20.7. The fourth-order valence-corrected chi connectivity index (χ4v) is 5.57. The summed E-state index contributed by atoms with van der Waals surface area (Å²) in [6, 6.07) is 9.64. The van der Waals surface area contributed by atoms with Crippen LogP contribution in [0, 0.1) is 11.3 Å². The highest BCUT2D eigenvalue weighted by molar-refractivity contribution is 7.89. The molecule has 10 nitrogen and oxygen atoms in total. The summed E-state index contributed by atoms with van der Waals surface area (Å²) >= 11 is 0. The van der Waals surface area contributed by atoms with Gasteiger partial charge in [0.15, 0.2) is 11.7 Å². The Balaban J connectivity index is 1.56. The molecular weight excluding hydrogens is 480 g/mol. The Kier molecular flexibility index (Phi) is 9.27. The van der Waals surface area contributed by atoms with Crippen molar-refractivity contribution in [3.8, 4) is 0 Å². The second-order valence-corrected chi connectivity index (χ2v) is 10.9. The van der Waals surface area contributed by atoms with E-state index in [9.17, 15) is 18.0 Å². The number of piperidine rings is 1. The Labute approximate surface area is 212 Å². The molecule has 195 valence electrons. The first-order chi connectivity index (χ1) is 17.1. The zero-order chi connectivity index (χ0) is 26.3. The number of nitrogens with two attached hydrogens (primary N) is 1. The second-order valence-electron chi connectivity index (χ2n) is 9.19. The van der Waals surface area contributed by atoms with Crippen molar-refractivity contribution in [1.29, 1.82) is 5.41 Å². The molecule has 1 radical (unpaired) electrons. The molecular formula is C25H35N6O4S. The molecule has 3 rings (SSSR count). The van der Waals surface area contributed by atoms with E-state index in [-0.39, 0.29) is 16.8 Å². The molecule has 2 aromatic rings. The van der Waals surface area contributed by atoms with E-state index < -0.39 is 33.9 Å². The maximum Gasteiger partial charge on any atom is 0.337 e. The van der Waals surface area contributed by atoms with Crippen molar-refractivity contribution in [2.75, 3.05) is 19.6 Å². The highest BCUT2D eigenvalue weighted by atomic mass is 32.2. The van der Waals surface area contributed by atoms with Crippen LogP contribution in [0.5, 0.6) is 0 Å². The molecule has 36 heavy (non-hydrogen) atoms. The minimum atomic E-state index is -3.95. The molecule has 0 bridgehead atoms. The normalized spacial score (nSPS) is 16.3. The summed E-state index contributed by atoms with van der Waals surface area (Å²) < 4.78 is 28.3. The van der Waals surface area contributed by atoms with Gasteiger partial charge in [0.1, 0.15) is 6.04 Å². The molecule has 1 aliphatic heterocycles. The van der Waals surface area contributed by atoms with Crippen LogP contribution in [0.4, 0.5) is 4.79 Å². The minimum Gasteiger partial charge on any atom is -0.370 e. The highest BCUT2D eigenvalue weighted by Crippen LogP contribution is 2.19. The number of guanidine groups is 1. The Hall–Kier alpha value is -3.18. The maximum atomic E-state index is 13.1. The number of amides is 2. The lowest BCUT2D eigenvalue weighted by Crippen LogP contribution is -2.50. The number of sulfonamides is 1. The van der Waals surface area contributed by atoms with E-state index in [1.807, 2.05) is 31.2 Å². The summed E-state index contributed by atoms with van der Waals surface area (Å²) in [7, 11) is -3.95. The van der Waals surface area contributed by atoms with Crippen LogP contribution in [0.3, 0.4) is 0 Å². The molecule has 1 aliphatic rings. The van der Waals surface area contributed by atoms with Gasteiger partial charge in [-0.15, -0.1) is 0 Å². The van der Waals surface area contributed by atoms with Gasteiger partial charge in [-0.3, -0.25) is 10.2 Å². The Morgan fingerprint density at radius 2 is 1.83 bits per heavy atom. The van der Waals surface area contributed by atoms with Crippen LogP contribution < -0.4 is 21.1 Å². The predicted molar refractivity (Wildman–Crippen MR) is 139 cm³/mol. The number of nitrogens with one attached hydrogen (secondary N) is 3. The van der Waals surface area contributed by atoms with E-state index in [0.29, 0.717) is 32.5 Å². The van der Waals surface area contributed by atoms with Crippen LogP contribution in [0.25, 0.3) is 10.8 Å². The lowest BCUT2D eigenvalue weighted by Gasteiger charge is -2.32. The number of nitrogens with zero attached hydrogens (tertiary/aromatic N) is 2. The number of fused-ring (bicyclic) bond motifs is 1. The van der Waals surface area contributed by atoms with E-state index in [1.165, 1.54) is 13.0 Å². The molecule has 1 fully saturated rings. The number of carbonyl (C=O) groups excluding carboxylic acids is 2. The van der Waals surface area contributed by atoms with Crippen molar-refractivity contribution in [1.82, 2.24) is 20.3 Å². The van der Waals surface area contributed by atoms with Crippen LogP contribution in [-0.4, -0.2) is 62.8 Å². The van der Waals surface area contributed by atoms with Gasteiger partial charge in [-0.25, -0.2) is 23.3 Å². The molecule has 2 atom stereocenters. The number of rotatable bonds is 10. The number of Topliss-reactive ketones (excluding diaryl/α,β-unsaturated/α-hetero) is 1. The molecule has 0 aliphatic carbocycles. The molecule has 5 N–H and O–H groups in total. The molecule has 0 spiro atoms. The maximum absolute atomic E-state index is 13.1. The predicted octanol–water partition coefficient (Wildman–Crippen LogP) is 2.16. The second kappa shape index (κ2) is 12.2. The third-order valence-electron chi connectivity index (χ3n) is 6.45. The molecule has 1 saturated heterocycles. The molecule has 0 saturated carbocycles. The molecule has 0 aromatic heterocycles. The zero-order valence-corrected chi connectivity index (χ0v) is 21.6. The fourth-order valence-electron chi connectivity index (χ4n) is 4.32. The minimum absolute atomic E-state index is 0.0544. The average molecular weight is 516 g/mol. The van der Waals surface area contributed by atoms with Crippen LogP contribution in [0.15, 0.2) is 47.4 Å². The van der Waals surface area contributed by atoms with Gasteiger partial charge in [-0.05, 0) is 55.0 Å². The monoisotopic (exact) mass is 515 g/mol. The molecule has 2 aromatic carbocycles. The number of urea groups is 1. The Morgan fingerprint density at radius 3 is 2.47 bits per heavy atom. The van der Waals surface area contributed by atoms with E-state index in [4.69, 9.17) is 11.1 Å². The van der Waals surface area contributed by atoms with E-state index >= 15 is 0 Å². The third kappa shape index (κ3) is 7.17. The highest BCUT2D eigenvalue weighted by Gasteiger charge is 2.30. The van der Waals surface area contributed by atoms with Crippen molar-refractivity contribution in [2.45, 2.75) is 56.5 Å². The smallest absolute Gasteiger partial charge is 0.337 e. The topological polar surface area (TPSA) is 160 Å². The SMILES string of the molecule is CCCC([N]C(=O)NCC1CCN(C(=N)N)CC1)C(=O)C(C)NS(=O)(=O)c1ccc2ccccc2c1. The number of hydrogen-bond acceptors (Lipinski definition) is 5. The first-order valence-electron chi connectivity index (χ1n) is 12.2. The standard InChI is InChI=1S/C25H35N6O4S/c1-3-6-22(29-25(33)28-16-18-11-13-31(14-12-18)24(26)27)23(32)17(2)30-36(34,35)21-10-9-19-7-4-5-8-20(19)15-21/h4-5,7-10,15,17-18,22,30H,3,6,11-14,16H2,1-2H3,(H3,26,27)(H,28,33). The lowest BCUT2D eigenvalue weighted by atomic mass is 9.97. The molecule has 1 heterocycles. The van der Waals surface area contributed by atoms with E-state index in [1.54, 1.807) is 17.0 Å². The van der Waals surface area contributed by atoms with Crippen LogP contribution in [0.1, 0.15) is 39.5 Å². The van der Waals surface area contributed by atoms with Crippen molar-refractivity contribution >= 4 is 38.6 Å². The summed E-state index contributed by atoms with van der Waals surface area (Å²) in [6.07, 6.45) is 2.54. The Bertz CT molecular complexity index is 1190. The number of ketones is 1. The van der Waals surface area contributed by atoms with Crippen LogP contribution >= 0.6 is 0 Å². The number of carbonyl (C=O) groups is 2. The van der Waals surface area contributed by atoms with Gasteiger partial charge in [-0.1, -0.05) is 43.7 Å². The van der Waals surface area contributed by atoms with Crippen LogP contribution in [-0.2, 0) is 14.8 Å². The quantitative estimate of drug-likeness (QED) is 0.280. The summed E-state index contributed by atoms with van der Waals surface area (Å²) in [5.41, 5.74) is 5.51. The van der Waals surface area contributed by atoms with Gasteiger partial charge in [0.05, 0.1) is 10.9 Å². The van der Waals surface area contributed by atoms with Gasteiger partial charge in [0.25, 0.3) is 0 Å². The molecule has 2 amide bonds. The average Bonchev–Trinajstić information content (AvgIpc) is 2.86. The summed E-state index contributed by atoms with van der Waals surface area (Å²) in [4.78, 5) is 27.4. The van der Waals surface area contributed by atoms with Gasteiger partial charge in [0, 0.05) is 19.6 Å². The summed E-state index contributed by atoms with van der Waals surface area (Å²) in [6.45, 7) is 5.10. The van der Waals surface area contributed by atoms with Gasteiger partial charge < -0.3 is 16.0 Å². The first-order valence-corrected chi connectivity index (χ1v) is 13.7. The third-order valence-corrected chi connectivity index (χ3v) is 7.99. The summed E-state index contributed by atoms with van der Waals surface area (Å²) in [5.74, 6) is -0.155. The van der Waals surface area contributed by atoms with Crippen molar-refractivity contribution in [2.24, 2.45) is 11.7 Å². The Morgan fingerprint density at radius 1 is 1.17 bits per heavy atom. The van der Waals surface area contributed by atoms with Crippen LogP contribution in [0.2, 0.25) is 0 Å². The fraction of sp³-hybridized carbons (Fsp3) is 0.480. The van der Waals surface area contributed by atoms with Gasteiger partial charge in [0.2, 0.25) is 10.0 Å². The van der Waals surface area contributed by atoms with E-state index in [2.05, 4.69) is 15.4 Å². The molecule has 11 heteroatoms. The first kappa shape index (κ1) is 27.4. The number of likely N-dealkylation sites (tertiary alicyclic amines) is 1. The van der Waals surface area contributed by atoms with Crippen molar-refractivity contribution < 1.29 is 18.0 Å². The number of hydrogen-bond donors (Lipinski definition) is 4. The number of benzene rings is 2. The molecule has 2 unspecified atom stereocenters. The summed E-state index contributed by atoms with van der Waals surface area (Å²) in [5, 5.41) is 16.0.